The van der Waals surface area contributed by atoms with Gasteiger partial charge in [-0.25, -0.2) is 4.98 Å². The van der Waals surface area contributed by atoms with Crippen LogP contribution in [-0.4, -0.2) is 58.8 Å². The second kappa shape index (κ2) is 9.24. The van der Waals surface area contributed by atoms with Crippen LogP contribution in [0.3, 0.4) is 0 Å². The highest BCUT2D eigenvalue weighted by Crippen LogP contribution is 2.33. The predicted octanol–water partition coefficient (Wildman–Crippen LogP) is 3.09. The van der Waals surface area contributed by atoms with E-state index in [1.165, 1.54) is 6.08 Å². The number of para-hydroxylation sites is 2. The van der Waals surface area contributed by atoms with E-state index < -0.39 is 0 Å². The van der Waals surface area contributed by atoms with Crippen LogP contribution < -0.4 is 5.32 Å². The van der Waals surface area contributed by atoms with Crippen molar-refractivity contribution in [3.8, 4) is 11.4 Å². The lowest BCUT2D eigenvalue weighted by atomic mass is 10.0. The number of benzene rings is 2. The van der Waals surface area contributed by atoms with Crippen molar-refractivity contribution in [3.05, 3.63) is 60.2 Å². The molecule has 1 fully saturated rings. The maximum atomic E-state index is 11.6. The van der Waals surface area contributed by atoms with Crippen LogP contribution >= 0.6 is 0 Å². The van der Waals surface area contributed by atoms with E-state index in [4.69, 9.17) is 4.98 Å². The summed E-state index contributed by atoms with van der Waals surface area (Å²) in [4.78, 5) is 18.9. The lowest BCUT2D eigenvalue weighted by Gasteiger charge is -2.34. The molecule has 1 aromatic heterocycles. The smallest absolute Gasteiger partial charge is 0.243 e. The molecule has 2 heterocycles. The molecule has 1 aliphatic heterocycles. The topological polar surface area (TPSA) is 70.4 Å². The maximum absolute atomic E-state index is 11.6. The largest absolute Gasteiger partial charge is 0.395 e. The third-order valence-electron chi connectivity index (χ3n) is 5.68. The van der Waals surface area contributed by atoms with E-state index in [2.05, 4.69) is 45.1 Å². The van der Waals surface area contributed by atoms with Gasteiger partial charge in [-0.15, -0.1) is 0 Å². The van der Waals surface area contributed by atoms with Crippen LogP contribution in [0.15, 0.2) is 54.6 Å². The predicted molar refractivity (Wildman–Crippen MR) is 120 cm³/mol. The Balaban J connectivity index is 1.75. The number of rotatable bonds is 6. The van der Waals surface area contributed by atoms with Crippen LogP contribution in [-0.2, 0) is 4.79 Å². The van der Waals surface area contributed by atoms with E-state index in [1.54, 1.807) is 7.05 Å². The number of nitrogens with zero attached hydrogens (tertiary/aromatic N) is 3. The molecule has 3 aromatic rings. The third-order valence-corrected chi connectivity index (χ3v) is 5.68. The van der Waals surface area contributed by atoms with Gasteiger partial charge in [-0.1, -0.05) is 30.3 Å². The second-order valence-corrected chi connectivity index (χ2v) is 7.69. The highest BCUT2D eigenvalue weighted by molar-refractivity contribution is 5.91. The van der Waals surface area contributed by atoms with Crippen LogP contribution in [0.2, 0.25) is 0 Å². The van der Waals surface area contributed by atoms with Gasteiger partial charge >= 0.3 is 0 Å². The first kappa shape index (κ1) is 20.3. The molecule has 0 bridgehead atoms. The standard InChI is InChI=1S/C24H28N4O2/c1-25-23(30)12-11-18-6-4-7-19(16-18)24-26-21-9-2-3-10-22(21)28(24)20-8-5-13-27(17-20)14-15-29/h2-4,6-7,9-12,16,20,29H,5,8,13-15,17H2,1H3,(H,25,30)/b12-11+. The number of piperidine rings is 1. The number of hydrogen-bond donors (Lipinski definition) is 2. The number of likely N-dealkylation sites (tertiary alicyclic amines) is 1. The fourth-order valence-electron chi connectivity index (χ4n) is 4.24. The molecule has 6 heteroatoms. The van der Waals surface area contributed by atoms with Crippen LogP contribution in [0.5, 0.6) is 0 Å². The zero-order valence-electron chi connectivity index (χ0n) is 17.3. The van der Waals surface area contributed by atoms with Gasteiger partial charge in [0.15, 0.2) is 0 Å². The molecule has 156 valence electrons. The van der Waals surface area contributed by atoms with Gasteiger partial charge in [0.25, 0.3) is 0 Å². The summed E-state index contributed by atoms with van der Waals surface area (Å²) >= 11 is 0. The van der Waals surface area contributed by atoms with Gasteiger partial charge in [0.2, 0.25) is 5.91 Å². The zero-order valence-corrected chi connectivity index (χ0v) is 17.3. The summed E-state index contributed by atoms with van der Waals surface area (Å²) < 4.78 is 2.36. The summed E-state index contributed by atoms with van der Waals surface area (Å²) in [5.74, 6) is 0.820. The molecule has 0 spiro atoms. The number of imidazole rings is 1. The van der Waals surface area contributed by atoms with Gasteiger partial charge in [-0.05, 0) is 49.2 Å². The Kier molecular flexibility index (Phi) is 6.26. The molecule has 0 saturated carbocycles. The van der Waals surface area contributed by atoms with Crippen molar-refractivity contribution in [3.63, 3.8) is 0 Å². The summed E-state index contributed by atoms with van der Waals surface area (Å²) in [5.41, 5.74) is 4.11. The molecule has 1 saturated heterocycles. The number of aromatic nitrogens is 2. The molecular weight excluding hydrogens is 376 g/mol. The fourth-order valence-corrected chi connectivity index (χ4v) is 4.24. The minimum atomic E-state index is -0.126. The van der Waals surface area contributed by atoms with Crippen molar-refractivity contribution in [1.82, 2.24) is 19.8 Å². The van der Waals surface area contributed by atoms with Crippen molar-refractivity contribution >= 4 is 23.0 Å². The van der Waals surface area contributed by atoms with Crippen molar-refractivity contribution in [2.45, 2.75) is 18.9 Å². The summed E-state index contributed by atoms with van der Waals surface area (Å²) in [5, 5.41) is 12.0. The number of aliphatic hydroxyl groups is 1. The van der Waals surface area contributed by atoms with Gasteiger partial charge in [-0.2, -0.15) is 0 Å². The average molecular weight is 405 g/mol. The quantitative estimate of drug-likeness (QED) is 0.620. The summed E-state index contributed by atoms with van der Waals surface area (Å²) in [7, 11) is 1.62. The van der Waals surface area contributed by atoms with E-state index in [9.17, 15) is 9.90 Å². The zero-order chi connectivity index (χ0) is 20.9. The monoisotopic (exact) mass is 404 g/mol. The Morgan fingerprint density at radius 1 is 1.27 bits per heavy atom. The number of likely N-dealkylation sites (N-methyl/N-ethyl adjacent to an activating group) is 1. The highest BCUT2D eigenvalue weighted by atomic mass is 16.3. The SMILES string of the molecule is CNC(=O)/C=C/c1cccc(-c2nc3ccccc3n2C2CCCN(CCO)C2)c1. The molecule has 30 heavy (non-hydrogen) atoms. The Hall–Kier alpha value is -2.96. The van der Waals surface area contributed by atoms with Crippen molar-refractivity contribution in [2.75, 3.05) is 33.3 Å². The third kappa shape index (κ3) is 4.30. The Morgan fingerprint density at radius 3 is 2.97 bits per heavy atom. The number of carbonyl (C=O) groups is 1. The Bertz CT molecular complexity index is 1050. The molecule has 1 aliphatic rings. The lowest BCUT2D eigenvalue weighted by Crippen LogP contribution is -2.38. The van der Waals surface area contributed by atoms with Gasteiger partial charge in [-0.3, -0.25) is 9.69 Å². The first-order valence-electron chi connectivity index (χ1n) is 10.5. The number of carbonyl (C=O) groups excluding carboxylic acids is 1. The average Bonchev–Trinajstić information content (AvgIpc) is 3.18. The minimum absolute atomic E-state index is 0.126. The number of aliphatic hydroxyl groups excluding tert-OH is 1. The normalized spacial score (nSPS) is 17.6. The molecule has 1 amide bonds. The van der Waals surface area contributed by atoms with E-state index in [0.717, 1.165) is 53.9 Å². The molecule has 1 atom stereocenters. The minimum Gasteiger partial charge on any atom is -0.395 e. The Labute approximate surface area is 176 Å². The molecule has 2 aromatic carbocycles. The molecule has 0 radical (unpaired) electrons. The molecular formula is C24H28N4O2. The van der Waals surface area contributed by atoms with Crippen molar-refractivity contribution < 1.29 is 9.90 Å². The van der Waals surface area contributed by atoms with Gasteiger partial charge in [0.05, 0.1) is 17.6 Å². The summed E-state index contributed by atoms with van der Waals surface area (Å²) in [6.07, 6.45) is 5.55. The van der Waals surface area contributed by atoms with Crippen molar-refractivity contribution in [2.24, 2.45) is 0 Å². The molecule has 2 N–H and O–H groups in total. The van der Waals surface area contributed by atoms with Gasteiger partial charge in [0.1, 0.15) is 5.82 Å². The molecule has 0 aliphatic carbocycles. The van der Waals surface area contributed by atoms with E-state index in [-0.39, 0.29) is 12.5 Å². The number of nitrogens with one attached hydrogen (secondary N) is 1. The summed E-state index contributed by atoms with van der Waals surface area (Å²) in [6, 6.07) is 16.7. The van der Waals surface area contributed by atoms with Gasteiger partial charge in [0, 0.05) is 37.8 Å². The van der Waals surface area contributed by atoms with Gasteiger partial charge < -0.3 is 15.0 Å². The molecule has 4 rings (SSSR count). The number of β-amino-alcohol motifs (C(OH)–C–C–N with tert-alkyl or cyclic N) is 1. The van der Waals surface area contributed by atoms with Crippen LogP contribution in [0.25, 0.3) is 28.5 Å². The van der Waals surface area contributed by atoms with Crippen LogP contribution in [0, 0.1) is 0 Å². The maximum Gasteiger partial charge on any atom is 0.243 e. The molecule has 6 nitrogen and oxygen atoms in total. The summed E-state index contributed by atoms with van der Waals surface area (Å²) in [6.45, 7) is 2.82. The van der Waals surface area contributed by atoms with E-state index in [0.29, 0.717) is 12.6 Å². The lowest BCUT2D eigenvalue weighted by molar-refractivity contribution is -0.115. The Morgan fingerprint density at radius 2 is 2.13 bits per heavy atom. The second-order valence-electron chi connectivity index (χ2n) is 7.69. The first-order valence-corrected chi connectivity index (χ1v) is 10.5. The van der Waals surface area contributed by atoms with Crippen LogP contribution in [0.1, 0.15) is 24.4 Å². The fraction of sp³-hybridized carbons (Fsp3) is 0.333. The van der Waals surface area contributed by atoms with E-state index >= 15 is 0 Å². The number of hydrogen-bond acceptors (Lipinski definition) is 4. The van der Waals surface area contributed by atoms with Crippen LogP contribution in [0.4, 0.5) is 0 Å². The number of fused-ring (bicyclic) bond motifs is 1. The van der Waals surface area contributed by atoms with Crippen molar-refractivity contribution in [1.29, 1.82) is 0 Å². The van der Waals surface area contributed by atoms with E-state index in [1.807, 2.05) is 24.3 Å². The first-order chi connectivity index (χ1) is 14.7. The molecule has 1 unspecified atom stereocenters. The number of amides is 1. The highest BCUT2D eigenvalue weighted by Gasteiger charge is 2.25.